The van der Waals surface area contributed by atoms with E-state index in [-0.39, 0.29) is 11.5 Å². The summed E-state index contributed by atoms with van der Waals surface area (Å²) in [4.78, 5) is 18.6. The van der Waals surface area contributed by atoms with Gasteiger partial charge in [0, 0.05) is 0 Å². The molecule has 2 heterocycles. The largest absolute Gasteiger partial charge is 0.476 e. The highest BCUT2D eigenvalue weighted by molar-refractivity contribution is 7.00. The lowest BCUT2D eigenvalue weighted by Crippen LogP contribution is -2.04. The molecular formula is C11H6ClN5O2S. The van der Waals surface area contributed by atoms with Crippen molar-refractivity contribution in [1.82, 2.24) is 18.7 Å². The number of nitrogens with zero attached hydrogens (tertiary/aromatic N) is 4. The second-order valence-corrected chi connectivity index (χ2v) is 4.71. The van der Waals surface area contributed by atoms with E-state index >= 15 is 0 Å². The van der Waals surface area contributed by atoms with Gasteiger partial charge >= 0.3 is 5.97 Å². The molecule has 0 aliphatic carbocycles. The van der Waals surface area contributed by atoms with Crippen LogP contribution in [-0.2, 0) is 0 Å². The van der Waals surface area contributed by atoms with Gasteiger partial charge < -0.3 is 10.4 Å². The van der Waals surface area contributed by atoms with Gasteiger partial charge in [-0.15, -0.1) is 0 Å². The molecule has 0 radical (unpaired) electrons. The summed E-state index contributed by atoms with van der Waals surface area (Å²) in [5.74, 6) is -0.881. The van der Waals surface area contributed by atoms with Crippen molar-refractivity contribution in [3.05, 3.63) is 35.2 Å². The summed E-state index contributed by atoms with van der Waals surface area (Å²) >= 11 is 7.19. The minimum atomic E-state index is -1.15. The Bertz CT molecular complexity index is 806. The summed E-state index contributed by atoms with van der Waals surface area (Å²) in [6.45, 7) is 0. The van der Waals surface area contributed by atoms with Gasteiger partial charge in [0.15, 0.2) is 5.69 Å². The summed E-state index contributed by atoms with van der Waals surface area (Å²) in [6, 6.07) is 3.44. The first-order chi connectivity index (χ1) is 9.65. The fourth-order valence-electron chi connectivity index (χ4n) is 1.60. The van der Waals surface area contributed by atoms with Gasteiger partial charge in [-0.1, -0.05) is 11.6 Å². The normalized spacial score (nSPS) is 10.7. The first-order valence-electron chi connectivity index (χ1n) is 5.38. The van der Waals surface area contributed by atoms with E-state index < -0.39 is 5.97 Å². The zero-order valence-corrected chi connectivity index (χ0v) is 11.3. The Kier molecular flexibility index (Phi) is 3.17. The Morgan fingerprint density at radius 1 is 1.30 bits per heavy atom. The van der Waals surface area contributed by atoms with Gasteiger partial charge in [0.1, 0.15) is 16.9 Å². The quantitative estimate of drug-likeness (QED) is 0.766. The molecule has 0 atom stereocenters. The number of halogens is 1. The molecule has 0 amide bonds. The molecule has 3 rings (SSSR count). The molecule has 1 aromatic carbocycles. The van der Waals surface area contributed by atoms with Crippen LogP contribution in [0.3, 0.4) is 0 Å². The molecule has 0 aliphatic rings. The number of fused-ring (bicyclic) bond motifs is 1. The second-order valence-electron chi connectivity index (χ2n) is 3.77. The van der Waals surface area contributed by atoms with Crippen LogP contribution in [0.25, 0.3) is 11.0 Å². The van der Waals surface area contributed by atoms with Crippen molar-refractivity contribution >= 4 is 51.8 Å². The Labute approximate surface area is 121 Å². The van der Waals surface area contributed by atoms with E-state index in [9.17, 15) is 4.79 Å². The molecule has 0 fully saturated rings. The summed E-state index contributed by atoms with van der Waals surface area (Å²) in [5.41, 5.74) is 1.67. The zero-order chi connectivity index (χ0) is 14.1. The van der Waals surface area contributed by atoms with Crippen LogP contribution in [0.15, 0.2) is 24.5 Å². The maximum absolute atomic E-state index is 10.9. The van der Waals surface area contributed by atoms with E-state index in [4.69, 9.17) is 16.7 Å². The van der Waals surface area contributed by atoms with E-state index in [2.05, 4.69) is 24.0 Å². The number of rotatable bonds is 3. The lowest BCUT2D eigenvalue weighted by molar-refractivity contribution is 0.0690. The smallest absolute Gasteiger partial charge is 0.356 e. The summed E-state index contributed by atoms with van der Waals surface area (Å²) < 4.78 is 8.26. The number of hydrogen-bond donors (Lipinski definition) is 2. The van der Waals surface area contributed by atoms with Gasteiger partial charge in [-0.25, -0.2) is 9.78 Å². The van der Waals surface area contributed by atoms with Crippen molar-refractivity contribution in [1.29, 1.82) is 0 Å². The topological polar surface area (TPSA) is 101 Å². The average Bonchev–Trinajstić information content (AvgIpc) is 2.91. The SMILES string of the molecule is O=C(O)c1cncc(Nc2c(Cl)ccc3nsnc23)n1. The highest BCUT2D eigenvalue weighted by Crippen LogP contribution is 2.31. The number of carboxylic acids is 1. The Balaban J connectivity index is 2.05. The molecule has 0 bridgehead atoms. The minimum Gasteiger partial charge on any atom is -0.476 e. The number of hydrogen-bond acceptors (Lipinski definition) is 7. The zero-order valence-electron chi connectivity index (χ0n) is 9.74. The third-order valence-corrected chi connectivity index (χ3v) is 3.34. The van der Waals surface area contributed by atoms with Crippen LogP contribution < -0.4 is 5.32 Å². The predicted molar refractivity (Wildman–Crippen MR) is 74.7 cm³/mol. The number of carboxylic acid groups (broad SMARTS) is 1. The van der Waals surface area contributed by atoms with Crippen molar-refractivity contribution in [3.8, 4) is 0 Å². The molecule has 0 saturated carbocycles. The lowest BCUT2D eigenvalue weighted by Gasteiger charge is -2.07. The number of anilines is 2. The van der Waals surface area contributed by atoms with Gasteiger partial charge in [0.05, 0.1) is 34.8 Å². The van der Waals surface area contributed by atoms with Gasteiger partial charge in [-0.2, -0.15) is 8.75 Å². The minimum absolute atomic E-state index is 0.158. The number of aromatic carboxylic acids is 1. The maximum atomic E-state index is 10.9. The number of aromatic nitrogens is 4. The van der Waals surface area contributed by atoms with Gasteiger partial charge in [-0.05, 0) is 12.1 Å². The van der Waals surface area contributed by atoms with Crippen LogP contribution in [0.4, 0.5) is 11.5 Å². The highest BCUT2D eigenvalue weighted by atomic mass is 35.5. The molecule has 7 nitrogen and oxygen atoms in total. The molecule has 0 saturated heterocycles. The van der Waals surface area contributed by atoms with E-state index in [1.54, 1.807) is 12.1 Å². The number of nitrogens with one attached hydrogen (secondary N) is 1. The highest BCUT2D eigenvalue weighted by Gasteiger charge is 2.12. The van der Waals surface area contributed by atoms with Crippen molar-refractivity contribution in [2.45, 2.75) is 0 Å². The molecule has 2 aromatic heterocycles. The van der Waals surface area contributed by atoms with Crippen LogP contribution in [0.1, 0.15) is 10.5 Å². The van der Waals surface area contributed by atoms with Crippen LogP contribution >= 0.6 is 23.3 Å². The summed E-state index contributed by atoms with van der Waals surface area (Å²) in [7, 11) is 0. The third-order valence-electron chi connectivity index (χ3n) is 2.48. The first kappa shape index (κ1) is 12.7. The molecule has 0 unspecified atom stereocenters. The Morgan fingerprint density at radius 3 is 2.95 bits per heavy atom. The Morgan fingerprint density at radius 2 is 2.15 bits per heavy atom. The number of carbonyl (C=O) groups is 1. The van der Waals surface area contributed by atoms with Crippen molar-refractivity contribution < 1.29 is 9.90 Å². The van der Waals surface area contributed by atoms with Crippen molar-refractivity contribution in [3.63, 3.8) is 0 Å². The monoisotopic (exact) mass is 307 g/mol. The predicted octanol–water partition coefficient (Wildman–Crippen LogP) is 2.58. The molecule has 3 aromatic rings. The van der Waals surface area contributed by atoms with Crippen molar-refractivity contribution in [2.75, 3.05) is 5.32 Å². The lowest BCUT2D eigenvalue weighted by atomic mass is 10.2. The average molecular weight is 308 g/mol. The van der Waals surface area contributed by atoms with E-state index in [0.717, 1.165) is 11.7 Å². The maximum Gasteiger partial charge on any atom is 0.356 e. The fourth-order valence-corrected chi connectivity index (χ4v) is 2.35. The molecule has 9 heteroatoms. The molecule has 100 valence electrons. The van der Waals surface area contributed by atoms with Crippen LogP contribution in [0.2, 0.25) is 5.02 Å². The van der Waals surface area contributed by atoms with Gasteiger partial charge in [-0.3, -0.25) is 4.98 Å². The standard InChI is InChI=1S/C11H6ClN5O2S/c12-5-1-2-6-10(17-20-16-6)9(5)15-8-4-13-3-7(14-8)11(18)19/h1-4H,(H,14,15)(H,18,19). The summed E-state index contributed by atoms with van der Waals surface area (Å²) in [5, 5.41) is 12.3. The Hall–Kier alpha value is -2.32. The van der Waals surface area contributed by atoms with E-state index in [0.29, 0.717) is 21.7 Å². The van der Waals surface area contributed by atoms with Crippen LogP contribution in [-0.4, -0.2) is 29.8 Å². The van der Waals surface area contributed by atoms with Crippen molar-refractivity contribution in [2.24, 2.45) is 0 Å². The first-order valence-corrected chi connectivity index (χ1v) is 6.49. The second kappa shape index (κ2) is 4.99. The molecular weight excluding hydrogens is 302 g/mol. The van der Waals surface area contributed by atoms with E-state index in [1.165, 1.54) is 12.4 Å². The van der Waals surface area contributed by atoms with Crippen LogP contribution in [0, 0.1) is 0 Å². The van der Waals surface area contributed by atoms with E-state index in [1.807, 2.05) is 0 Å². The molecule has 20 heavy (non-hydrogen) atoms. The molecule has 0 spiro atoms. The molecule has 0 aliphatic heterocycles. The van der Waals surface area contributed by atoms with Gasteiger partial charge in [0.25, 0.3) is 0 Å². The van der Waals surface area contributed by atoms with Gasteiger partial charge in [0.2, 0.25) is 0 Å². The summed E-state index contributed by atoms with van der Waals surface area (Å²) in [6.07, 6.45) is 2.57. The van der Waals surface area contributed by atoms with Crippen LogP contribution in [0.5, 0.6) is 0 Å². The fraction of sp³-hybridized carbons (Fsp3) is 0. The molecule has 2 N–H and O–H groups in total. The number of benzene rings is 1. The third kappa shape index (κ3) is 2.26.